The van der Waals surface area contributed by atoms with Gasteiger partial charge in [-0.15, -0.1) is 11.3 Å². The maximum absolute atomic E-state index is 9.75. The Balaban J connectivity index is 1.01. The molecule has 0 bridgehead atoms. The molecule has 0 spiro atoms. The van der Waals surface area contributed by atoms with Gasteiger partial charge in [-0.2, -0.15) is 0 Å². The predicted octanol–water partition coefficient (Wildman–Crippen LogP) is 14.9. The van der Waals surface area contributed by atoms with E-state index in [0.29, 0.717) is 0 Å². The van der Waals surface area contributed by atoms with Crippen molar-refractivity contribution in [2.24, 2.45) is 4.99 Å². The molecule has 1 aliphatic rings. The Bertz CT molecular complexity index is 3540. The van der Waals surface area contributed by atoms with Gasteiger partial charge in [0.2, 0.25) is 0 Å². The Morgan fingerprint density at radius 2 is 1.22 bits per heavy atom. The molecule has 60 heavy (non-hydrogen) atoms. The molecule has 0 radical (unpaired) electrons. The highest BCUT2D eigenvalue weighted by molar-refractivity contribution is 7.21. The maximum atomic E-state index is 9.75. The lowest BCUT2D eigenvalue weighted by molar-refractivity contribution is 1.30. The highest BCUT2D eigenvalue weighted by Crippen LogP contribution is 2.52. The molecular weight excluding hydrogens is 749 g/mol. The van der Waals surface area contributed by atoms with Gasteiger partial charge >= 0.3 is 0 Å². The second-order valence-corrected chi connectivity index (χ2v) is 16.4. The third-order valence-corrected chi connectivity index (χ3v) is 13.0. The number of hydrogen-bond acceptors (Lipinski definition) is 4. The van der Waals surface area contributed by atoms with E-state index >= 15 is 0 Å². The van der Waals surface area contributed by atoms with Gasteiger partial charge in [0.1, 0.15) is 0 Å². The van der Waals surface area contributed by atoms with Crippen LogP contribution in [0.25, 0.3) is 75.6 Å². The van der Waals surface area contributed by atoms with Crippen molar-refractivity contribution in [2.75, 3.05) is 4.90 Å². The molecule has 0 saturated heterocycles. The third-order valence-electron chi connectivity index (χ3n) is 11.9. The summed E-state index contributed by atoms with van der Waals surface area (Å²) in [7, 11) is 0. The summed E-state index contributed by atoms with van der Waals surface area (Å²) >= 11 is 1.71. The number of para-hydroxylation sites is 1. The molecule has 1 N–H and O–H groups in total. The number of amidine groups is 1. The minimum Gasteiger partial charge on any atom is -0.309 e. The molecule has 0 atom stereocenters. The van der Waals surface area contributed by atoms with Gasteiger partial charge in [0.05, 0.1) is 27.5 Å². The fourth-order valence-electron chi connectivity index (χ4n) is 9.05. The molecule has 4 nitrogen and oxygen atoms in total. The van der Waals surface area contributed by atoms with Gasteiger partial charge in [-0.25, -0.2) is 4.99 Å². The molecule has 0 unspecified atom stereocenters. The monoisotopic (exact) mass is 782 g/mol. The predicted molar refractivity (Wildman–Crippen MR) is 254 cm³/mol. The second-order valence-electron chi connectivity index (χ2n) is 15.4. The van der Waals surface area contributed by atoms with Crippen LogP contribution in [-0.2, 0) is 0 Å². The number of hydrogen-bond donors (Lipinski definition) is 1. The van der Waals surface area contributed by atoms with Crippen LogP contribution in [0.1, 0.15) is 16.0 Å². The third kappa shape index (κ3) is 5.55. The molecule has 3 heterocycles. The topological polar surface area (TPSA) is 52.3 Å². The molecule has 9 aromatic carbocycles. The number of fused-ring (bicyclic) bond motifs is 6. The van der Waals surface area contributed by atoms with Crippen molar-refractivity contribution in [1.82, 2.24) is 4.98 Å². The van der Waals surface area contributed by atoms with Crippen LogP contribution in [-0.4, -0.2) is 16.5 Å². The number of nitrogens with one attached hydrogen (secondary N) is 1. The summed E-state index contributed by atoms with van der Waals surface area (Å²) in [4.78, 5) is 13.4. The summed E-state index contributed by atoms with van der Waals surface area (Å²) < 4.78 is 1.19. The summed E-state index contributed by atoms with van der Waals surface area (Å²) in [5.74, 6) is 0.213. The van der Waals surface area contributed by atoms with Crippen molar-refractivity contribution in [2.45, 2.75) is 0 Å². The number of nitrogens with zero attached hydrogens (tertiary/aromatic N) is 3. The first kappa shape index (κ1) is 34.3. The van der Waals surface area contributed by atoms with Crippen molar-refractivity contribution in [3.05, 3.63) is 216 Å². The van der Waals surface area contributed by atoms with E-state index in [-0.39, 0.29) is 5.84 Å². The van der Waals surface area contributed by atoms with Crippen LogP contribution in [0, 0.1) is 5.41 Å². The van der Waals surface area contributed by atoms with Gasteiger partial charge in [-0.1, -0.05) is 146 Å². The van der Waals surface area contributed by atoms with Crippen LogP contribution >= 0.6 is 11.3 Å². The maximum Gasteiger partial charge on any atom is 0.153 e. The largest absolute Gasteiger partial charge is 0.309 e. The molecule has 12 rings (SSSR count). The lowest BCUT2D eigenvalue weighted by Crippen LogP contribution is -2.15. The zero-order valence-electron chi connectivity index (χ0n) is 32.3. The van der Waals surface area contributed by atoms with Crippen LogP contribution in [0.4, 0.5) is 17.1 Å². The van der Waals surface area contributed by atoms with Crippen molar-refractivity contribution >= 4 is 93.3 Å². The van der Waals surface area contributed by atoms with Gasteiger partial charge in [0.15, 0.2) is 5.84 Å². The Morgan fingerprint density at radius 3 is 2.07 bits per heavy atom. The normalized spacial score (nSPS) is 12.5. The lowest BCUT2D eigenvalue weighted by atomic mass is 9.89. The van der Waals surface area contributed by atoms with Crippen LogP contribution in [0.5, 0.6) is 0 Å². The molecule has 0 saturated carbocycles. The Morgan fingerprint density at radius 1 is 0.517 bits per heavy atom. The van der Waals surface area contributed by atoms with Gasteiger partial charge < -0.3 is 4.90 Å². The summed E-state index contributed by atoms with van der Waals surface area (Å²) in [6.45, 7) is 0. The van der Waals surface area contributed by atoms with Gasteiger partial charge in [0, 0.05) is 49.6 Å². The van der Waals surface area contributed by atoms with E-state index in [9.17, 15) is 5.41 Å². The minimum absolute atomic E-state index is 0.213. The van der Waals surface area contributed by atoms with E-state index < -0.39 is 0 Å². The van der Waals surface area contributed by atoms with Crippen molar-refractivity contribution in [3.8, 4) is 22.3 Å². The zero-order chi connectivity index (χ0) is 39.7. The fraction of sp³-hybridized carbons (Fsp3) is 0. The van der Waals surface area contributed by atoms with Crippen LogP contribution in [0.3, 0.4) is 0 Å². The first-order valence-corrected chi connectivity index (χ1v) is 21.0. The highest BCUT2D eigenvalue weighted by atomic mass is 32.1. The standard InChI is InChI=1S/C55H34N4S/c56-55(58-54(51-32-41-12-3-4-22-50(41)60-51)38-25-23-35(24-26-38)43-18-7-16-37-17-9-29-57-53(37)43)45-20-5-13-34-27-28-42(33-46(34)45)59-48-21-8-15-36-14-6-19-44(52(36)48)47-30-39-10-1-2-11-40(39)31-49(47)59/h1-33,56H. The van der Waals surface area contributed by atoms with E-state index in [1.165, 1.54) is 37.4 Å². The SMILES string of the molecule is N=C(N=C(c1ccc(-c2cccc3cccnc23)cc1)c1cc2ccccc2s1)c1cccc2ccc(N3c4cc5ccccc5cc4-c4cccc5cccc3c45)cc12. The van der Waals surface area contributed by atoms with E-state index in [2.05, 4.69) is 181 Å². The van der Waals surface area contributed by atoms with E-state index in [4.69, 9.17) is 9.98 Å². The summed E-state index contributed by atoms with van der Waals surface area (Å²) in [5.41, 5.74) is 11.4. The number of anilines is 3. The van der Waals surface area contributed by atoms with Crippen molar-refractivity contribution in [1.29, 1.82) is 5.41 Å². The molecule has 5 heteroatoms. The second kappa shape index (κ2) is 13.7. The van der Waals surface area contributed by atoms with Crippen LogP contribution < -0.4 is 4.90 Å². The smallest absolute Gasteiger partial charge is 0.153 e. The number of aliphatic imine (C=N–C) groups is 1. The van der Waals surface area contributed by atoms with E-state index in [1.807, 2.05) is 24.4 Å². The molecule has 1 aliphatic heterocycles. The number of thiophene rings is 1. The first-order valence-electron chi connectivity index (χ1n) is 20.1. The molecule has 11 aromatic rings. The molecule has 0 aliphatic carbocycles. The van der Waals surface area contributed by atoms with Gasteiger partial charge in [-0.05, 0) is 92.0 Å². The molecular formula is C55H34N4S. The number of pyridine rings is 1. The Labute approximate surface area is 350 Å². The number of benzene rings is 9. The van der Waals surface area contributed by atoms with Crippen molar-refractivity contribution in [3.63, 3.8) is 0 Å². The zero-order valence-corrected chi connectivity index (χ0v) is 33.1. The van der Waals surface area contributed by atoms with Crippen LogP contribution in [0.2, 0.25) is 0 Å². The fourth-order valence-corrected chi connectivity index (χ4v) is 10.1. The van der Waals surface area contributed by atoms with Crippen LogP contribution in [0.15, 0.2) is 205 Å². The molecule has 2 aromatic heterocycles. The average Bonchev–Trinajstić information content (AvgIpc) is 3.74. The highest BCUT2D eigenvalue weighted by Gasteiger charge is 2.27. The quantitative estimate of drug-likeness (QED) is 0.140. The number of rotatable bonds is 5. The lowest BCUT2D eigenvalue weighted by Gasteiger charge is -2.34. The molecule has 280 valence electrons. The van der Waals surface area contributed by atoms with Gasteiger partial charge in [-0.3, -0.25) is 10.4 Å². The summed E-state index contributed by atoms with van der Waals surface area (Å²) in [5, 5.41) is 18.9. The molecule has 0 amide bonds. The van der Waals surface area contributed by atoms with Gasteiger partial charge in [0.25, 0.3) is 0 Å². The summed E-state index contributed by atoms with van der Waals surface area (Å²) in [6, 6.07) is 68.8. The summed E-state index contributed by atoms with van der Waals surface area (Å²) in [6.07, 6.45) is 1.85. The van der Waals surface area contributed by atoms with Crippen molar-refractivity contribution < 1.29 is 0 Å². The minimum atomic E-state index is 0.213. The Kier molecular flexibility index (Phi) is 7.83. The van der Waals surface area contributed by atoms with E-state index in [0.717, 1.165) is 77.0 Å². The number of aromatic nitrogens is 1. The molecule has 0 fully saturated rings. The Hall–Kier alpha value is -7.73. The average molecular weight is 783 g/mol. The first-order chi connectivity index (χ1) is 29.6. The van der Waals surface area contributed by atoms with E-state index in [1.54, 1.807) is 11.3 Å².